The Balaban J connectivity index is 1.46. The molecule has 2 N–H and O–H groups in total. The number of rotatable bonds is 5. The van der Waals surface area contributed by atoms with Crippen LogP contribution in [0.25, 0.3) is 10.4 Å². The lowest BCUT2D eigenvalue weighted by atomic mass is 9.86. The van der Waals surface area contributed by atoms with Crippen molar-refractivity contribution in [3.05, 3.63) is 94.4 Å². The molecule has 1 unspecified atom stereocenters. The second-order valence-corrected chi connectivity index (χ2v) is 10.7. The van der Waals surface area contributed by atoms with Crippen LogP contribution in [0.3, 0.4) is 0 Å². The molecule has 180 valence electrons. The van der Waals surface area contributed by atoms with E-state index in [4.69, 9.17) is 5.53 Å². The first kappa shape index (κ1) is 23.4. The topological polar surface area (TPSA) is 118 Å². The van der Waals surface area contributed by atoms with Crippen LogP contribution in [0.2, 0.25) is 0 Å². The normalized spacial score (nSPS) is 21.9. The first-order chi connectivity index (χ1) is 17.0. The maximum Gasteiger partial charge on any atom is 0.240 e. The SMILES string of the molecule is [N-]=[N+]=Nc1ccc(S(=O)(=O)N[C@@H]2CCCC(N3c4ccccc4CCc4ccccc43)[C@H]2O)cc1. The summed E-state index contributed by atoms with van der Waals surface area (Å²) in [5, 5.41) is 15.0. The van der Waals surface area contributed by atoms with E-state index in [9.17, 15) is 13.5 Å². The molecule has 1 saturated carbocycles. The molecule has 1 aliphatic heterocycles. The fourth-order valence-corrected chi connectivity index (χ4v) is 6.54. The molecule has 35 heavy (non-hydrogen) atoms. The highest BCUT2D eigenvalue weighted by atomic mass is 32.2. The van der Waals surface area contributed by atoms with E-state index in [1.165, 1.54) is 35.4 Å². The summed E-state index contributed by atoms with van der Waals surface area (Å²) in [5.74, 6) is 0. The molecule has 1 aliphatic carbocycles. The van der Waals surface area contributed by atoms with Crippen molar-refractivity contribution in [2.24, 2.45) is 5.11 Å². The third kappa shape index (κ3) is 4.63. The van der Waals surface area contributed by atoms with E-state index in [1.54, 1.807) is 0 Å². The molecule has 3 aromatic carbocycles. The zero-order valence-electron chi connectivity index (χ0n) is 19.2. The highest BCUT2D eigenvalue weighted by Gasteiger charge is 2.39. The van der Waals surface area contributed by atoms with Gasteiger partial charge in [0, 0.05) is 22.0 Å². The Hall–Kier alpha value is -3.36. The van der Waals surface area contributed by atoms with Gasteiger partial charge in [-0.2, -0.15) is 0 Å². The number of sulfonamides is 1. The van der Waals surface area contributed by atoms with E-state index in [2.05, 4.69) is 43.9 Å². The summed E-state index contributed by atoms with van der Waals surface area (Å²) in [5.41, 5.74) is 13.5. The van der Waals surface area contributed by atoms with Crippen molar-refractivity contribution in [2.75, 3.05) is 4.90 Å². The number of azide groups is 1. The molecule has 0 amide bonds. The molecule has 1 heterocycles. The van der Waals surface area contributed by atoms with Crippen molar-refractivity contribution < 1.29 is 13.5 Å². The molecule has 3 aromatic rings. The molecule has 0 bridgehead atoms. The van der Waals surface area contributed by atoms with E-state index < -0.39 is 22.2 Å². The number of benzene rings is 3. The fraction of sp³-hybridized carbons (Fsp3) is 0.308. The molecule has 0 radical (unpaired) electrons. The molecule has 0 saturated heterocycles. The predicted molar refractivity (Wildman–Crippen MR) is 135 cm³/mol. The number of anilines is 2. The lowest BCUT2D eigenvalue weighted by Crippen LogP contribution is -2.55. The number of aryl methyl sites for hydroxylation is 2. The van der Waals surface area contributed by atoms with Gasteiger partial charge in [-0.1, -0.05) is 53.6 Å². The number of aliphatic hydroxyl groups excluding tert-OH is 1. The summed E-state index contributed by atoms with van der Waals surface area (Å²) < 4.78 is 29.0. The maximum absolute atomic E-state index is 13.1. The Labute approximate surface area is 204 Å². The summed E-state index contributed by atoms with van der Waals surface area (Å²) in [6.07, 6.45) is 3.00. The quantitative estimate of drug-likeness (QED) is 0.293. The zero-order chi connectivity index (χ0) is 24.4. The van der Waals surface area contributed by atoms with Crippen LogP contribution < -0.4 is 9.62 Å². The van der Waals surface area contributed by atoms with Crippen molar-refractivity contribution in [1.82, 2.24) is 4.72 Å². The number of hydrogen-bond acceptors (Lipinski definition) is 5. The molecular formula is C26H27N5O3S. The van der Waals surface area contributed by atoms with E-state index in [0.717, 1.165) is 37.1 Å². The smallest absolute Gasteiger partial charge is 0.240 e. The lowest BCUT2D eigenvalue weighted by Gasteiger charge is -2.43. The van der Waals surface area contributed by atoms with Crippen LogP contribution in [0.5, 0.6) is 0 Å². The van der Waals surface area contributed by atoms with Gasteiger partial charge in [-0.25, -0.2) is 13.1 Å². The van der Waals surface area contributed by atoms with Crippen LogP contribution in [0.1, 0.15) is 30.4 Å². The van der Waals surface area contributed by atoms with E-state index in [-0.39, 0.29) is 10.9 Å². The molecule has 3 atom stereocenters. The van der Waals surface area contributed by atoms with Gasteiger partial charge in [-0.3, -0.25) is 0 Å². The Morgan fingerprint density at radius 3 is 2.11 bits per heavy atom. The van der Waals surface area contributed by atoms with Crippen LogP contribution in [0.15, 0.2) is 82.8 Å². The van der Waals surface area contributed by atoms with Gasteiger partial charge in [-0.15, -0.1) is 0 Å². The van der Waals surface area contributed by atoms with Gasteiger partial charge in [0.15, 0.2) is 0 Å². The lowest BCUT2D eigenvalue weighted by molar-refractivity contribution is 0.0812. The summed E-state index contributed by atoms with van der Waals surface area (Å²) in [6, 6.07) is 21.3. The number of para-hydroxylation sites is 2. The zero-order valence-corrected chi connectivity index (χ0v) is 20.0. The van der Waals surface area contributed by atoms with Crippen molar-refractivity contribution in [1.29, 1.82) is 0 Å². The molecule has 0 aromatic heterocycles. The summed E-state index contributed by atoms with van der Waals surface area (Å²) >= 11 is 0. The maximum atomic E-state index is 13.1. The number of hydrogen-bond donors (Lipinski definition) is 2. The average Bonchev–Trinajstić information content (AvgIpc) is 3.03. The molecule has 8 nitrogen and oxygen atoms in total. The molecule has 1 fully saturated rings. The van der Waals surface area contributed by atoms with Crippen LogP contribution in [0, 0.1) is 0 Å². The standard InChI is InChI=1S/C26H27N5O3S/c27-30-28-20-14-16-21(17-15-20)35(33,34)29-22-8-5-11-25(26(22)32)31-23-9-3-1-6-18(23)12-13-19-7-2-4-10-24(19)31/h1-4,6-7,9-10,14-17,22,25-26,29,32H,5,8,11-13H2/t22-,25?,26+/m1/s1. The van der Waals surface area contributed by atoms with Crippen LogP contribution in [-0.2, 0) is 22.9 Å². The second-order valence-electron chi connectivity index (χ2n) is 9.03. The summed E-state index contributed by atoms with van der Waals surface area (Å²) in [4.78, 5) is 5.00. The van der Waals surface area contributed by atoms with Gasteiger partial charge in [0.2, 0.25) is 10.0 Å². The highest BCUT2D eigenvalue weighted by molar-refractivity contribution is 7.89. The van der Waals surface area contributed by atoms with Crippen LogP contribution in [-0.4, -0.2) is 31.7 Å². The first-order valence-corrected chi connectivity index (χ1v) is 13.3. The van der Waals surface area contributed by atoms with Crippen molar-refractivity contribution >= 4 is 27.1 Å². The highest BCUT2D eigenvalue weighted by Crippen LogP contribution is 2.41. The van der Waals surface area contributed by atoms with Gasteiger partial charge in [0.05, 0.1) is 23.1 Å². The third-order valence-electron chi connectivity index (χ3n) is 6.93. The average molecular weight is 490 g/mol. The van der Waals surface area contributed by atoms with Crippen LogP contribution >= 0.6 is 0 Å². The van der Waals surface area contributed by atoms with Gasteiger partial charge < -0.3 is 10.0 Å². The van der Waals surface area contributed by atoms with Gasteiger partial charge in [0.1, 0.15) is 0 Å². The fourth-order valence-electron chi connectivity index (χ4n) is 5.25. The van der Waals surface area contributed by atoms with Crippen molar-refractivity contribution in [3.63, 3.8) is 0 Å². The Morgan fingerprint density at radius 1 is 0.914 bits per heavy atom. The Morgan fingerprint density at radius 2 is 1.51 bits per heavy atom. The number of fused-ring (bicyclic) bond motifs is 2. The van der Waals surface area contributed by atoms with Crippen molar-refractivity contribution in [2.45, 2.75) is 55.2 Å². The monoisotopic (exact) mass is 489 g/mol. The van der Waals surface area contributed by atoms with Crippen molar-refractivity contribution in [3.8, 4) is 0 Å². The molecule has 0 spiro atoms. The van der Waals surface area contributed by atoms with E-state index in [0.29, 0.717) is 12.1 Å². The van der Waals surface area contributed by atoms with E-state index in [1.807, 2.05) is 24.3 Å². The van der Waals surface area contributed by atoms with E-state index >= 15 is 0 Å². The molecule has 5 rings (SSSR count). The summed E-state index contributed by atoms with van der Waals surface area (Å²) in [7, 11) is -3.87. The first-order valence-electron chi connectivity index (χ1n) is 11.8. The van der Waals surface area contributed by atoms with Gasteiger partial charge >= 0.3 is 0 Å². The largest absolute Gasteiger partial charge is 0.389 e. The Kier molecular flexibility index (Phi) is 6.49. The predicted octanol–water partition coefficient (Wildman–Crippen LogP) is 5.13. The molecule has 2 aliphatic rings. The molecule has 9 heteroatoms. The summed E-state index contributed by atoms with van der Waals surface area (Å²) in [6.45, 7) is 0. The van der Waals surface area contributed by atoms with Gasteiger partial charge in [0.25, 0.3) is 0 Å². The van der Waals surface area contributed by atoms with Crippen LogP contribution in [0.4, 0.5) is 17.1 Å². The number of nitrogens with zero attached hydrogens (tertiary/aromatic N) is 4. The minimum absolute atomic E-state index is 0.0641. The number of nitrogens with one attached hydrogen (secondary N) is 1. The molecular weight excluding hydrogens is 462 g/mol. The third-order valence-corrected chi connectivity index (χ3v) is 8.44. The minimum Gasteiger partial charge on any atom is -0.389 e. The second kappa shape index (κ2) is 9.71. The van der Waals surface area contributed by atoms with Gasteiger partial charge in [-0.05, 0) is 73.0 Å². The number of aliphatic hydroxyl groups is 1. The Bertz CT molecular complexity index is 1320. The minimum atomic E-state index is -3.87.